The van der Waals surface area contributed by atoms with Crippen LogP contribution >= 0.6 is 50.7 Å². The topological polar surface area (TPSA) is 33.1 Å². The second-order valence-electron chi connectivity index (χ2n) is 5.31. The Balaban J connectivity index is 2.21. The molecule has 0 bridgehead atoms. The smallest absolute Gasteiger partial charge is 0.265 e. The lowest BCUT2D eigenvalue weighted by Crippen LogP contribution is -2.28. The first-order valence-corrected chi connectivity index (χ1v) is 8.88. The third-order valence-corrected chi connectivity index (χ3v) is 4.82. The van der Waals surface area contributed by atoms with E-state index in [1.807, 2.05) is 24.3 Å². The lowest BCUT2D eigenvalue weighted by Gasteiger charge is -2.32. The molecule has 2 nitrogen and oxygen atoms in total. The Labute approximate surface area is 148 Å². The van der Waals surface area contributed by atoms with E-state index in [1.165, 1.54) is 19.3 Å². The lowest BCUT2D eigenvalue weighted by atomic mass is 9.82. The van der Waals surface area contributed by atoms with Crippen molar-refractivity contribution in [3.63, 3.8) is 0 Å². The molecule has 1 unspecified atom stereocenters. The van der Waals surface area contributed by atoms with E-state index in [-0.39, 0.29) is 12.0 Å². The van der Waals surface area contributed by atoms with Gasteiger partial charge in [0, 0.05) is 10.4 Å². The van der Waals surface area contributed by atoms with Gasteiger partial charge >= 0.3 is 0 Å². The number of hydrogen-bond donors (Lipinski definition) is 1. The molecule has 1 aliphatic rings. The Morgan fingerprint density at radius 1 is 1.14 bits per heavy atom. The van der Waals surface area contributed by atoms with E-state index in [0.29, 0.717) is 5.92 Å². The predicted octanol–water partition coefficient (Wildman–Crippen LogP) is 6.43. The number of nitrogens with one attached hydrogen (secondary N) is 1. The quantitative estimate of drug-likeness (QED) is 0.345. The van der Waals surface area contributed by atoms with Crippen LogP contribution in [0.25, 0.3) is 0 Å². The highest BCUT2D eigenvalue weighted by atomic mass is 79.9. The molecule has 1 aromatic carbocycles. The van der Waals surface area contributed by atoms with Crippen LogP contribution in [0.5, 0.6) is 0 Å². The average Bonchev–Trinajstić information content (AvgIpc) is 2.45. The van der Waals surface area contributed by atoms with E-state index in [1.54, 1.807) is 0 Å². The number of rotatable bonds is 3. The Hall–Kier alpha value is 0.0400. The summed E-state index contributed by atoms with van der Waals surface area (Å²) in [7, 11) is 0. The van der Waals surface area contributed by atoms with Gasteiger partial charge in [0.25, 0.3) is 3.79 Å². The van der Waals surface area contributed by atoms with E-state index < -0.39 is 3.79 Å². The fourth-order valence-corrected chi connectivity index (χ4v) is 3.12. The fourth-order valence-electron chi connectivity index (χ4n) is 2.72. The van der Waals surface area contributed by atoms with Crippen molar-refractivity contribution in [3.05, 3.63) is 34.3 Å². The largest absolute Gasteiger partial charge is 0.470 e. The summed E-state index contributed by atoms with van der Waals surface area (Å²) in [5, 5.41) is 7.85. The molecule has 1 N–H and O–H groups in total. The summed E-state index contributed by atoms with van der Waals surface area (Å²) in [4.78, 5) is 0. The highest BCUT2D eigenvalue weighted by molar-refractivity contribution is 9.10. The average molecular weight is 414 g/mol. The first-order valence-electron chi connectivity index (χ1n) is 6.96. The van der Waals surface area contributed by atoms with Gasteiger partial charge in [-0.2, -0.15) is 0 Å². The second kappa shape index (κ2) is 7.54. The van der Waals surface area contributed by atoms with Crippen LogP contribution in [0.3, 0.4) is 0 Å². The van der Waals surface area contributed by atoms with E-state index in [9.17, 15) is 0 Å². The van der Waals surface area contributed by atoms with Crippen molar-refractivity contribution >= 4 is 56.6 Å². The molecule has 1 fully saturated rings. The van der Waals surface area contributed by atoms with Crippen molar-refractivity contribution in [1.82, 2.24) is 0 Å². The van der Waals surface area contributed by atoms with Crippen LogP contribution < -0.4 is 0 Å². The fraction of sp³-hybridized carbons (Fsp3) is 0.533. The van der Waals surface area contributed by atoms with Crippen molar-refractivity contribution < 1.29 is 4.74 Å². The predicted molar refractivity (Wildman–Crippen MR) is 92.6 cm³/mol. The second-order valence-corrected chi connectivity index (χ2v) is 8.51. The van der Waals surface area contributed by atoms with Crippen molar-refractivity contribution in [2.75, 3.05) is 0 Å². The summed E-state index contributed by atoms with van der Waals surface area (Å²) < 4.78 is 4.94. The van der Waals surface area contributed by atoms with Crippen molar-refractivity contribution in [2.24, 2.45) is 5.92 Å². The highest BCUT2D eigenvalue weighted by Crippen LogP contribution is 2.39. The maximum atomic E-state index is 7.85. The van der Waals surface area contributed by atoms with E-state index in [0.717, 1.165) is 22.9 Å². The number of benzene rings is 1. The van der Waals surface area contributed by atoms with Crippen LogP contribution in [0.4, 0.5) is 0 Å². The third kappa shape index (κ3) is 5.02. The van der Waals surface area contributed by atoms with Gasteiger partial charge in [-0.3, -0.25) is 5.41 Å². The molecule has 1 aliphatic carbocycles. The van der Waals surface area contributed by atoms with Crippen LogP contribution in [0.2, 0.25) is 0 Å². The molecule has 0 aromatic heterocycles. The molecule has 6 heteroatoms. The first kappa shape index (κ1) is 17.4. The Morgan fingerprint density at radius 3 is 2.24 bits per heavy atom. The molecule has 0 spiro atoms. The SMILES string of the molecule is N=C(OC(c1ccc(Br)cc1)C1CCCCC1)C(Cl)(Cl)Cl. The molecule has 0 aliphatic heterocycles. The van der Waals surface area contributed by atoms with Gasteiger partial charge < -0.3 is 4.74 Å². The molecule has 0 saturated heterocycles. The summed E-state index contributed by atoms with van der Waals surface area (Å²) in [5.74, 6) is 0.0404. The molecule has 0 radical (unpaired) electrons. The zero-order chi connectivity index (χ0) is 15.5. The van der Waals surface area contributed by atoms with Crippen LogP contribution in [-0.2, 0) is 4.74 Å². The molecular formula is C15H17BrCl3NO. The zero-order valence-electron chi connectivity index (χ0n) is 11.4. The monoisotopic (exact) mass is 411 g/mol. The highest BCUT2D eigenvalue weighted by Gasteiger charge is 2.34. The number of hydrogen-bond acceptors (Lipinski definition) is 2. The lowest BCUT2D eigenvalue weighted by molar-refractivity contribution is 0.0934. The molecule has 1 atom stereocenters. The van der Waals surface area contributed by atoms with E-state index in [4.69, 9.17) is 44.9 Å². The van der Waals surface area contributed by atoms with E-state index >= 15 is 0 Å². The van der Waals surface area contributed by atoms with Gasteiger partial charge in [0.05, 0.1) is 0 Å². The van der Waals surface area contributed by atoms with Gasteiger partial charge in [0.2, 0.25) is 5.90 Å². The summed E-state index contributed by atoms with van der Waals surface area (Å²) in [6.07, 6.45) is 5.54. The summed E-state index contributed by atoms with van der Waals surface area (Å²) in [6.45, 7) is 0. The van der Waals surface area contributed by atoms with Crippen LogP contribution in [0.1, 0.15) is 43.8 Å². The maximum Gasteiger partial charge on any atom is 0.265 e. The molecule has 2 rings (SSSR count). The third-order valence-electron chi connectivity index (χ3n) is 3.78. The summed E-state index contributed by atoms with van der Waals surface area (Å²) in [6, 6.07) is 7.92. The van der Waals surface area contributed by atoms with Gasteiger partial charge in [-0.1, -0.05) is 82.1 Å². The van der Waals surface area contributed by atoms with Crippen molar-refractivity contribution in [2.45, 2.75) is 42.0 Å². The van der Waals surface area contributed by atoms with Crippen LogP contribution in [0.15, 0.2) is 28.7 Å². The summed E-state index contributed by atoms with van der Waals surface area (Å²) in [5.41, 5.74) is 1.02. The van der Waals surface area contributed by atoms with Crippen molar-refractivity contribution in [1.29, 1.82) is 5.41 Å². The van der Waals surface area contributed by atoms with Crippen molar-refractivity contribution in [3.8, 4) is 0 Å². The molecule has 0 amide bonds. The summed E-state index contributed by atoms with van der Waals surface area (Å²) >= 11 is 20.7. The minimum absolute atomic E-state index is 0.235. The molecule has 1 aromatic rings. The standard InChI is InChI=1S/C15H17BrCl3NO/c16-12-8-6-11(7-9-12)13(10-4-2-1-3-5-10)21-14(20)15(17,18)19/h6-10,13,20H,1-5H2. The van der Waals surface area contributed by atoms with Gasteiger partial charge in [0.15, 0.2) is 0 Å². The Morgan fingerprint density at radius 2 is 1.71 bits per heavy atom. The van der Waals surface area contributed by atoms with Crippen LogP contribution in [0, 0.1) is 11.3 Å². The Bertz CT molecular complexity index is 481. The number of ether oxygens (including phenoxy) is 1. The molecule has 0 heterocycles. The Kier molecular flexibility index (Phi) is 6.25. The molecule has 21 heavy (non-hydrogen) atoms. The first-order chi connectivity index (χ1) is 9.88. The van der Waals surface area contributed by atoms with Gasteiger partial charge in [-0.05, 0) is 30.5 Å². The van der Waals surface area contributed by atoms with Gasteiger partial charge in [-0.15, -0.1) is 0 Å². The van der Waals surface area contributed by atoms with E-state index in [2.05, 4.69) is 15.9 Å². The minimum atomic E-state index is -1.82. The van der Waals surface area contributed by atoms with Crippen LogP contribution in [-0.4, -0.2) is 9.69 Å². The minimum Gasteiger partial charge on any atom is -0.470 e. The van der Waals surface area contributed by atoms with Gasteiger partial charge in [-0.25, -0.2) is 0 Å². The maximum absolute atomic E-state index is 7.85. The molecule has 116 valence electrons. The number of alkyl halides is 3. The molecule has 1 saturated carbocycles. The number of halogens is 4. The normalized spacial score (nSPS) is 18.3. The van der Waals surface area contributed by atoms with Gasteiger partial charge in [0.1, 0.15) is 6.10 Å². The molecular weight excluding hydrogens is 396 g/mol. The zero-order valence-corrected chi connectivity index (χ0v) is 15.3.